The zero-order chi connectivity index (χ0) is 22.1. The first-order valence-corrected chi connectivity index (χ1v) is 10.8. The standard InChI is InChI=1S/C19H19N3O6S2/c1-3-14-16(24)21-15(17(25)26)18(29-9-8-20-11(2)23)30-19(14,21)10-12-4-6-13(7-5-12)22(27)28/h3-7H,8-10H2,1-2H3,(H,20,23)(H,25,26). The Balaban J connectivity index is 1.88. The summed E-state index contributed by atoms with van der Waals surface area (Å²) in [7, 11) is 0. The number of carbonyl (C=O) groups is 3. The normalized spacial score (nSPS) is 21.5. The maximum atomic E-state index is 12.7. The molecule has 1 unspecified atom stereocenters. The molecule has 2 aliphatic heterocycles. The highest BCUT2D eigenvalue weighted by Crippen LogP contribution is 2.61. The SMILES string of the molecule is CC=C1C(=O)N2C(C(=O)O)=C(SCCNC(C)=O)SC12Cc1ccc([N+](=O)[O-])cc1. The zero-order valence-electron chi connectivity index (χ0n) is 16.2. The first-order chi connectivity index (χ1) is 14.2. The third-order valence-corrected chi connectivity index (χ3v) is 7.42. The van der Waals surface area contributed by atoms with Gasteiger partial charge in [-0.05, 0) is 12.5 Å². The molecule has 30 heavy (non-hydrogen) atoms. The summed E-state index contributed by atoms with van der Waals surface area (Å²) in [6.45, 7) is 3.50. The van der Waals surface area contributed by atoms with Gasteiger partial charge in [-0.3, -0.25) is 24.6 Å². The Bertz CT molecular complexity index is 988. The Morgan fingerprint density at radius 2 is 2.03 bits per heavy atom. The van der Waals surface area contributed by atoms with Crippen molar-refractivity contribution in [2.75, 3.05) is 12.3 Å². The van der Waals surface area contributed by atoms with Crippen LogP contribution in [0.25, 0.3) is 0 Å². The second-order valence-corrected chi connectivity index (χ2v) is 9.25. The average molecular weight is 450 g/mol. The minimum atomic E-state index is -1.20. The lowest BCUT2D eigenvalue weighted by molar-refractivity contribution is -0.384. The number of allylic oxidation sites excluding steroid dienone is 1. The summed E-state index contributed by atoms with van der Waals surface area (Å²) >= 11 is 2.57. The number of thioether (sulfide) groups is 2. The number of nitro groups is 1. The number of nitrogens with zero attached hydrogens (tertiary/aromatic N) is 2. The number of carboxylic acids is 1. The Morgan fingerprint density at radius 3 is 2.57 bits per heavy atom. The van der Waals surface area contributed by atoms with Crippen LogP contribution in [-0.2, 0) is 20.8 Å². The number of β-lactam (4-membered cyclic amide) rings is 1. The first kappa shape index (κ1) is 21.9. The zero-order valence-corrected chi connectivity index (χ0v) is 17.8. The topological polar surface area (TPSA) is 130 Å². The fourth-order valence-corrected chi connectivity index (χ4v) is 6.42. The number of hydrogen-bond acceptors (Lipinski definition) is 7. The molecule has 2 amide bonds. The molecule has 0 aliphatic carbocycles. The number of carboxylic acid groups (broad SMARTS) is 1. The van der Waals surface area contributed by atoms with Gasteiger partial charge >= 0.3 is 5.97 Å². The first-order valence-electron chi connectivity index (χ1n) is 8.99. The van der Waals surface area contributed by atoms with Gasteiger partial charge in [0, 0.05) is 37.8 Å². The highest BCUT2D eigenvalue weighted by molar-refractivity contribution is 8.23. The quantitative estimate of drug-likeness (QED) is 0.204. The van der Waals surface area contributed by atoms with E-state index >= 15 is 0 Å². The molecule has 2 aliphatic rings. The molecule has 1 atom stereocenters. The summed E-state index contributed by atoms with van der Waals surface area (Å²) in [4.78, 5) is 46.5. The molecule has 0 bridgehead atoms. The molecular weight excluding hydrogens is 430 g/mol. The number of carbonyl (C=O) groups excluding carboxylic acids is 2. The lowest BCUT2D eigenvalue weighted by atomic mass is 9.87. The summed E-state index contributed by atoms with van der Waals surface area (Å²) < 4.78 is 0.500. The van der Waals surface area contributed by atoms with Gasteiger partial charge in [-0.25, -0.2) is 4.79 Å². The predicted molar refractivity (Wildman–Crippen MR) is 114 cm³/mol. The lowest BCUT2D eigenvalue weighted by Crippen LogP contribution is -2.62. The predicted octanol–water partition coefficient (Wildman–Crippen LogP) is 2.49. The maximum Gasteiger partial charge on any atom is 0.354 e. The van der Waals surface area contributed by atoms with E-state index in [1.807, 2.05) is 0 Å². The number of non-ortho nitro benzene ring substituents is 1. The molecule has 0 radical (unpaired) electrons. The smallest absolute Gasteiger partial charge is 0.354 e. The molecule has 0 saturated carbocycles. The van der Waals surface area contributed by atoms with Gasteiger partial charge in [0.05, 0.1) is 14.7 Å². The monoisotopic (exact) mass is 449 g/mol. The Labute approximate surface area is 180 Å². The van der Waals surface area contributed by atoms with Crippen molar-refractivity contribution >= 4 is 47.0 Å². The number of nitro benzene ring substituents is 1. The van der Waals surface area contributed by atoms with E-state index in [2.05, 4.69) is 5.32 Å². The molecular formula is C19H19N3O6S2. The van der Waals surface area contributed by atoms with Gasteiger partial charge in [-0.2, -0.15) is 0 Å². The van der Waals surface area contributed by atoms with E-state index in [-0.39, 0.29) is 23.2 Å². The molecule has 11 heteroatoms. The van der Waals surface area contributed by atoms with Crippen molar-refractivity contribution in [2.45, 2.75) is 25.1 Å². The number of hydrogen-bond donors (Lipinski definition) is 2. The van der Waals surface area contributed by atoms with Gasteiger partial charge in [0.25, 0.3) is 11.6 Å². The van der Waals surface area contributed by atoms with E-state index in [1.165, 1.54) is 47.5 Å². The molecule has 0 aromatic heterocycles. The van der Waals surface area contributed by atoms with E-state index in [1.54, 1.807) is 25.1 Å². The van der Waals surface area contributed by atoms with Crippen molar-refractivity contribution in [3.63, 3.8) is 0 Å². The van der Waals surface area contributed by atoms with Crippen LogP contribution in [0, 0.1) is 10.1 Å². The summed E-state index contributed by atoms with van der Waals surface area (Å²) in [5.41, 5.74) is 1.15. The number of fused-ring (bicyclic) bond motifs is 1. The summed E-state index contributed by atoms with van der Waals surface area (Å²) in [6, 6.07) is 6.01. The summed E-state index contributed by atoms with van der Waals surface area (Å²) in [5, 5.41) is 23.3. The third-order valence-electron chi connectivity index (χ3n) is 4.69. The van der Waals surface area contributed by atoms with Crippen molar-refractivity contribution in [2.24, 2.45) is 0 Å². The van der Waals surface area contributed by atoms with Crippen molar-refractivity contribution < 1.29 is 24.4 Å². The molecule has 1 saturated heterocycles. The van der Waals surface area contributed by atoms with Crippen molar-refractivity contribution in [1.82, 2.24) is 10.2 Å². The van der Waals surface area contributed by atoms with Crippen molar-refractivity contribution in [3.8, 4) is 0 Å². The van der Waals surface area contributed by atoms with Gasteiger partial charge in [0.15, 0.2) is 5.70 Å². The third kappa shape index (κ3) is 3.82. The summed E-state index contributed by atoms with van der Waals surface area (Å²) in [5.74, 6) is -1.27. The largest absolute Gasteiger partial charge is 0.477 e. The van der Waals surface area contributed by atoms with Gasteiger partial charge in [0.2, 0.25) is 5.91 Å². The average Bonchev–Trinajstić information content (AvgIpc) is 2.96. The van der Waals surface area contributed by atoms with Crippen LogP contribution in [0.2, 0.25) is 0 Å². The number of amides is 2. The van der Waals surface area contributed by atoms with Crippen molar-refractivity contribution in [1.29, 1.82) is 0 Å². The molecule has 9 nitrogen and oxygen atoms in total. The Kier molecular flexibility index (Phi) is 6.22. The highest BCUT2D eigenvalue weighted by atomic mass is 32.2. The Morgan fingerprint density at radius 1 is 1.37 bits per heavy atom. The van der Waals surface area contributed by atoms with E-state index in [0.717, 1.165) is 5.56 Å². The fraction of sp³-hybridized carbons (Fsp3) is 0.316. The molecule has 1 aromatic rings. The van der Waals surface area contributed by atoms with Gasteiger partial charge in [0.1, 0.15) is 4.87 Å². The Hall–Kier alpha value is -2.79. The van der Waals surface area contributed by atoms with Crippen LogP contribution in [0.3, 0.4) is 0 Å². The lowest BCUT2D eigenvalue weighted by Gasteiger charge is -2.49. The summed E-state index contributed by atoms with van der Waals surface area (Å²) in [6.07, 6.45) is 2.00. The number of nitrogens with one attached hydrogen (secondary N) is 1. The van der Waals surface area contributed by atoms with Crippen LogP contribution in [0.15, 0.2) is 45.8 Å². The number of rotatable bonds is 8. The molecule has 1 aromatic carbocycles. The van der Waals surface area contributed by atoms with Crippen LogP contribution in [0.4, 0.5) is 5.69 Å². The van der Waals surface area contributed by atoms with Crippen LogP contribution in [0.5, 0.6) is 0 Å². The minimum Gasteiger partial charge on any atom is -0.477 e. The molecule has 158 valence electrons. The van der Waals surface area contributed by atoms with Crippen LogP contribution >= 0.6 is 23.5 Å². The van der Waals surface area contributed by atoms with Crippen LogP contribution < -0.4 is 5.32 Å². The van der Waals surface area contributed by atoms with Crippen LogP contribution in [-0.4, -0.2) is 49.9 Å². The highest BCUT2D eigenvalue weighted by Gasteiger charge is 2.63. The number of benzene rings is 1. The van der Waals surface area contributed by atoms with E-state index in [0.29, 0.717) is 28.5 Å². The van der Waals surface area contributed by atoms with Crippen LogP contribution in [0.1, 0.15) is 19.4 Å². The second kappa shape index (κ2) is 8.52. The minimum absolute atomic E-state index is 0.0401. The molecule has 3 rings (SSSR count). The second-order valence-electron chi connectivity index (χ2n) is 6.60. The number of aliphatic carboxylic acids is 1. The van der Waals surface area contributed by atoms with Crippen molar-refractivity contribution in [3.05, 3.63) is 61.5 Å². The van der Waals surface area contributed by atoms with E-state index in [4.69, 9.17) is 0 Å². The van der Waals surface area contributed by atoms with Gasteiger partial charge < -0.3 is 10.4 Å². The van der Waals surface area contributed by atoms with Gasteiger partial charge in [-0.1, -0.05) is 30.0 Å². The fourth-order valence-electron chi connectivity index (χ4n) is 3.42. The van der Waals surface area contributed by atoms with Gasteiger partial charge in [-0.15, -0.1) is 11.8 Å². The van der Waals surface area contributed by atoms with E-state index in [9.17, 15) is 29.6 Å². The van der Waals surface area contributed by atoms with E-state index < -0.39 is 15.8 Å². The maximum absolute atomic E-state index is 12.7. The molecule has 2 heterocycles. The molecule has 1 fully saturated rings. The molecule has 0 spiro atoms. The molecule has 2 N–H and O–H groups in total.